The van der Waals surface area contributed by atoms with Crippen molar-refractivity contribution in [1.29, 1.82) is 0 Å². The van der Waals surface area contributed by atoms with Crippen molar-refractivity contribution < 1.29 is 55.9 Å². The Morgan fingerprint density at radius 1 is 0.622 bits per heavy atom. The number of carboxylic acids is 2. The molecule has 0 saturated carbocycles. The number of unbranched alkanes of at least 4 members (excludes halogenated alkanes) is 2. The largest absolute Gasteiger partial charge is 0.748 e. The van der Waals surface area contributed by atoms with E-state index in [9.17, 15) is 42.4 Å². The molecule has 0 saturated heterocycles. The Hall–Kier alpha value is -11.3. The average molecular weight is 1670 g/mol. The second kappa shape index (κ2) is 38.6. The first-order valence-corrected chi connectivity index (χ1v) is 44.8. The molecule has 15 rings (SSSR count). The molecule has 2 atom stereocenters. The fourth-order valence-electron chi connectivity index (χ4n) is 16.4. The zero-order chi connectivity index (χ0) is 83.3. The highest BCUT2D eigenvalue weighted by Gasteiger charge is 2.35. The van der Waals surface area contributed by atoms with Crippen LogP contribution in [-0.4, -0.2) is 98.9 Å². The first kappa shape index (κ1) is 84.2. The van der Waals surface area contributed by atoms with Crippen LogP contribution in [0.3, 0.4) is 0 Å². The van der Waals surface area contributed by atoms with Crippen LogP contribution in [0.4, 0.5) is 28.4 Å². The van der Waals surface area contributed by atoms with Crippen LogP contribution in [-0.2, 0) is 57.0 Å². The Morgan fingerprint density at radius 3 is 2.03 bits per heavy atom. The van der Waals surface area contributed by atoms with Crippen LogP contribution in [0.1, 0.15) is 129 Å². The normalized spacial score (nSPS) is 15.9. The number of benzene rings is 9. The van der Waals surface area contributed by atoms with Crippen molar-refractivity contribution in [2.45, 2.75) is 142 Å². The molecule has 6 heterocycles. The number of aliphatic carboxylic acids is 2. The minimum absolute atomic E-state index is 0.104. The molecular weight excluding hydrogens is 1570 g/mol. The number of carbonyl (C=O) groups is 4. The molecule has 0 aliphatic carbocycles. The highest BCUT2D eigenvalue weighted by Crippen LogP contribution is 2.48. The van der Waals surface area contributed by atoms with Gasteiger partial charge in [0.2, 0.25) is 17.0 Å². The molecule has 4 aliphatic rings. The summed E-state index contributed by atoms with van der Waals surface area (Å²) in [5.41, 5.74) is 19.5. The van der Waals surface area contributed by atoms with Gasteiger partial charge in [0, 0.05) is 116 Å². The maximum Gasteiger partial charge on any atom is 0.374 e. The highest BCUT2D eigenvalue weighted by atomic mass is 35.5. The van der Waals surface area contributed by atoms with Crippen LogP contribution in [0.15, 0.2) is 250 Å². The number of rotatable bonds is 31. The fraction of sp³-hybridized carbons (Fsp3) is 0.292. The lowest BCUT2D eigenvalue weighted by Crippen LogP contribution is -2.51. The quantitative estimate of drug-likeness (QED) is 0.0208. The van der Waals surface area contributed by atoms with Crippen molar-refractivity contribution in [1.82, 2.24) is 10.6 Å². The van der Waals surface area contributed by atoms with E-state index in [0.29, 0.717) is 61.7 Å². The number of anilines is 5. The van der Waals surface area contributed by atoms with E-state index in [4.69, 9.17) is 16.0 Å². The Morgan fingerprint density at radius 2 is 1.31 bits per heavy atom. The second-order valence-electron chi connectivity index (χ2n) is 30.3. The number of aromatic nitrogens is 2. The standard InChI is InChI=1S/C50H50N4O6S3.C46H50ClN5O4/c1-3-35(29-48-53(25-12-26-63(58,59)60)43-31-38(20-22-46(43)62-48)36-13-5-4-6-14-36)28-47-52(42-27-34(2)19-21-45(42)61-47)24-10-9-23-51-49(55)39-17-11-18-41(30-39)54-33-40-16-8-7-15-37(40)32-44(54)50(56)57;1-4-32(29-45-50(6-3)39-16-10-11-17-42(39)56-45)28-44-49(5-2)38-21-18-34(33-14-8-7-9-15-33)31-41(38)52(44)26-13-12-25-48-43(53)24-27-51-37-23-20-36(47)30-35(37)19-22-40(51)46(54)55/h4-8,11,13-22,27-31,44H,3,9-10,12,23-26,32-33H2,1-2H3,(H2-,51,55,56,57,58,59,60);7-11,14-18,20-21,23,28-31,40H,4-6,12-13,19,22,24-27H2,1-3H3,(H-,48,53,54,55). The number of halogens is 1. The third-order valence-corrected chi connectivity index (χ3v) is 25.8. The van der Waals surface area contributed by atoms with E-state index in [1.165, 1.54) is 21.7 Å². The molecular formula is C96H100ClN9O10S3. The van der Waals surface area contributed by atoms with Crippen LogP contribution >= 0.6 is 34.7 Å². The number of thiazole rings is 1. The van der Waals surface area contributed by atoms with Gasteiger partial charge < -0.3 is 59.1 Å². The van der Waals surface area contributed by atoms with Gasteiger partial charge in [0.25, 0.3) is 16.4 Å². The number of allylic oxidation sites excluding steroid dienone is 4. The Bertz CT molecular complexity index is 5810. The molecule has 614 valence electrons. The number of oxazole rings is 1. The van der Waals surface area contributed by atoms with Crippen LogP contribution in [0.5, 0.6) is 0 Å². The Labute approximate surface area is 710 Å². The minimum Gasteiger partial charge on any atom is -0.748 e. The van der Waals surface area contributed by atoms with Gasteiger partial charge >= 0.3 is 11.9 Å². The number of thioether (sulfide) groups is 1. The van der Waals surface area contributed by atoms with Gasteiger partial charge in [0.15, 0.2) is 6.54 Å². The van der Waals surface area contributed by atoms with Gasteiger partial charge in [0.05, 0.1) is 50.3 Å². The summed E-state index contributed by atoms with van der Waals surface area (Å²) in [6.45, 7) is 16.0. The number of amides is 2. The lowest BCUT2D eigenvalue weighted by molar-refractivity contribution is -0.674. The monoisotopic (exact) mass is 1670 g/mol. The fourth-order valence-corrected chi connectivity index (χ4v) is 19.3. The number of carboxylic acid groups (broad SMARTS) is 2. The number of para-hydroxylation sites is 2. The van der Waals surface area contributed by atoms with Crippen LogP contribution < -0.4 is 49.4 Å². The average Bonchev–Trinajstić information content (AvgIpc) is 1.57. The van der Waals surface area contributed by atoms with Gasteiger partial charge in [-0.2, -0.15) is 9.13 Å². The number of hydrogen-bond acceptors (Lipinski definition) is 16. The molecule has 9 aromatic carbocycles. The van der Waals surface area contributed by atoms with Gasteiger partial charge in [0.1, 0.15) is 23.1 Å². The minimum atomic E-state index is -4.35. The molecule has 2 amide bonds. The zero-order valence-corrected chi connectivity index (χ0v) is 71.0. The first-order valence-electron chi connectivity index (χ1n) is 41.2. The third kappa shape index (κ3) is 20.0. The smallest absolute Gasteiger partial charge is 0.374 e. The zero-order valence-electron chi connectivity index (χ0n) is 67.8. The summed E-state index contributed by atoms with van der Waals surface area (Å²) in [5.74, 6) is -0.781. The van der Waals surface area contributed by atoms with Crippen molar-refractivity contribution in [3.8, 4) is 22.3 Å². The lowest BCUT2D eigenvalue weighted by Gasteiger charge is -2.39. The molecule has 19 nitrogen and oxygen atoms in total. The van der Waals surface area contributed by atoms with E-state index in [-0.39, 0.29) is 31.2 Å². The van der Waals surface area contributed by atoms with E-state index < -0.39 is 39.9 Å². The molecule has 0 bridgehead atoms. The molecule has 2 unspecified atom stereocenters. The van der Waals surface area contributed by atoms with E-state index in [2.05, 4.69) is 190 Å². The van der Waals surface area contributed by atoms with Crippen molar-refractivity contribution in [3.05, 3.63) is 284 Å². The SMILES string of the molecule is CCC(=Cc1oc2ccccc2[n+]1CC)C=C1N(CC)c2ccc(-c3ccccc3)cc2N1CCCCNC(=O)CCN1c2ccc(Cl)cc2CCC1C(=O)[O-].CCC(=Cc1sc2ccc(-c3ccccc3)cc2[n+]1CCCS(=O)(=O)[O-])C=C1Sc2ccc(C)cc2N1CCCCNC(=O)c1cccc(N2Cc3ccccc3CC2C(=O)O)c1. The first-order chi connectivity index (χ1) is 57.7. The molecule has 119 heavy (non-hydrogen) atoms. The van der Waals surface area contributed by atoms with Crippen molar-refractivity contribution in [2.75, 3.05) is 69.5 Å². The molecule has 23 heteroatoms. The maximum atomic E-state index is 13.4. The Balaban J connectivity index is 0.000000197. The van der Waals surface area contributed by atoms with Crippen LogP contribution in [0.2, 0.25) is 5.02 Å². The van der Waals surface area contributed by atoms with Crippen molar-refractivity contribution in [2.24, 2.45) is 0 Å². The molecule has 3 N–H and O–H groups in total. The summed E-state index contributed by atoms with van der Waals surface area (Å²) in [5, 5.41) is 31.0. The molecule has 0 radical (unpaired) electrons. The molecule has 4 aliphatic heterocycles. The number of nitrogens with one attached hydrogen (secondary N) is 2. The topological polar surface area (TPSA) is 230 Å². The van der Waals surface area contributed by atoms with Crippen molar-refractivity contribution >= 4 is 130 Å². The molecule has 0 fully saturated rings. The number of aryl methyl sites for hydroxylation is 4. The van der Waals surface area contributed by atoms with Gasteiger partial charge in [-0.15, -0.1) is 0 Å². The van der Waals surface area contributed by atoms with E-state index in [1.807, 2.05) is 95.9 Å². The number of nitrogens with zero attached hydrogens (tertiary/aromatic N) is 7. The molecule has 0 spiro atoms. The Kier molecular flexibility index (Phi) is 27.3. The van der Waals surface area contributed by atoms with Crippen molar-refractivity contribution in [3.63, 3.8) is 0 Å². The summed E-state index contributed by atoms with van der Waals surface area (Å²) in [7, 11) is -4.35. The third-order valence-electron chi connectivity index (χ3n) is 22.5. The number of carbonyl (C=O) groups excluding carboxylic acids is 3. The predicted molar refractivity (Wildman–Crippen MR) is 477 cm³/mol. The molecule has 2 aromatic heterocycles. The van der Waals surface area contributed by atoms with Gasteiger partial charge in [-0.1, -0.05) is 170 Å². The van der Waals surface area contributed by atoms with E-state index in [0.717, 1.165) is 169 Å². The number of hydrogen-bond donors (Lipinski definition) is 3. The van der Waals surface area contributed by atoms with Crippen LogP contribution in [0, 0.1) is 6.92 Å². The van der Waals surface area contributed by atoms with Gasteiger partial charge in [-0.25, -0.2) is 13.2 Å². The van der Waals surface area contributed by atoms with E-state index in [1.54, 1.807) is 46.2 Å². The van der Waals surface area contributed by atoms with Gasteiger partial charge in [-0.05, 0) is 213 Å². The summed E-state index contributed by atoms with van der Waals surface area (Å²) >= 11 is 9.60. The van der Waals surface area contributed by atoms with E-state index >= 15 is 0 Å². The summed E-state index contributed by atoms with van der Waals surface area (Å²) in [6, 6.07) is 67.5. The van der Waals surface area contributed by atoms with Crippen LogP contribution in [0.25, 0.3) is 55.7 Å². The lowest BCUT2D eigenvalue weighted by atomic mass is 9.93. The highest BCUT2D eigenvalue weighted by molar-refractivity contribution is 8.03. The summed E-state index contributed by atoms with van der Waals surface area (Å²) < 4.78 is 46.6. The summed E-state index contributed by atoms with van der Waals surface area (Å²) in [6.07, 6.45) is 15.5. The maximum absolute atomic E-state index is 13.4. The number of fused-ring (bicyclic) bond motifs is 6. The summed E-state index contributed by atoms with van der Waals surface area (Å²) in [4.78, 5) is 62.8. The second-order valence-corrected chi connectivity index (χ2v) is 34.4. The van der Waals surface area contributed by atoms with Gasteiger partial charge in [-0.3, -0.25) is 9.59 Å². The predicted octanol–water partition coefficient (Wildman–Crippen LogP) is 17.5. The molecule has 11 aromatic rings.